The number of carboxylic acids is 1. The SMILES string of the molecule is COC=Cc1nn(Cc2ccc(OC)cc2)c2cccc(C(=O)O)c12. The predicted octanol–water partition coefficient (Wildman–Crippen LogP) is 3.41. The van der Waals surface area contributed by atoms with Crippen LogP contribution in [0.1, 0.15) is 21.6 Å². The van der Waals surface area contributed by atoms with Gasteiger partial charge in [0.1, 0.15) is 5.75 Å². The van der Waals surface area contributed by atoms with Crippen LogP contribution >= 0.6 is 0 Å². The second kappa shape index (κ2) is 7.09. The molecule has 0 saturated carbocycles. The molecule has 1 N–H and O–H groups in total. The molecule has 0 radical (unpaired) electrons. The number of benzene rings is 2. The van der Waals surface area contributed by atoms with Gasteiger partial charge in [-0.3, -0.25) is 4.68 Å². The van der Waals surface area contributed by atoms with Gasteiger partial charge >= 0.3 is 5.97 Å². The first-order valence-electron chi connectivity index (χ1n) is 7.69. The van der Waals surface area contributed by atoms with Crippen LogP contribution in [0.25, 0.3) is 17.0 Å². The van der Waals surface area contributed by atoms with Gasteiger partial charge in [0.25, 0.3) is 0 Å². The number of carboxylic acid groups (broad SMARTS) is 1. The van der Waals surface area contributed by atoms with Gasteiger partial charge in [0.2, 0.25) is 0 Å². The zero-order valence-electron chi connectivity index (χ0n) is 14.0. The molecule has 0 unspecified atom stereocenters. The van der Waals surface area contributed by atoms with Crippen molar-refractivity contribution in [2.24, 2.45) is 0 Å². The van der Waals surface area contributed by atoms with Gasteiger partial charge in [-0.15, -0.1) is 0 Å². The maximum absolute atomic E-state index is 11.6. The average molecular weight is 338 g/mol. The summed E-state index contributed by atoms with van der Waals surface area (Å²) in [5, 5.41) is 14.6. The molecule has 0 spiro atoms. The summed E-state index contributed by atoms with van der Waals surface area (Å²) in [4.78, 5) is 11.6. The molecule has 0 saturated heterocycles. The van der Waals surface area contributed by atoms with Crippen LogP contribution in [0.5, 0.6) is 5.75 Å². The number of hydrogen-bond acceptors (Lipinski definition) is 4. The summed E-state index contributed by atoms with van der Waals surface area (Å²) in [7, 11) is 3.16. The largest absolute Gasteiger partial charge is 0.504 e. The third-order valence-electron chi connectivity index (χ3n) is 3.89. The van der Waals surface area contributed by atoms with Gasteiger partial charge in [-0.2, -0.15) is 5.10 Å². The summed E-state index contributed by atoms with van der Waals surface area (Å²) < 4.78 is 11.9. The molecule has 0 aliphatic rings. The Labute approximate surface area is 144 Å². The monoisotopic (exact) mass is 338 g/mol. The van der Waals surface area contributed by atoms with E-state index in [1.807, 2.05) is 30.3 Å². The van der Waals surface area contributed by atoms with Gasteiger partial charge in [-0.05, 0) is 29.8 Å². The molecule has 0 amide bonds. The Balaban J connectivity index is 2.09. The summed E-state index contributed by atoms with van der Waals surface area (Å²) in [6.07, 6.45) is 3.15. The highest BCUT2D eigenvalue weighted by Crippen LogP contribution is 2.25. The van der Waals surface area contributed by atoms with Crippen molar-refractivity contribution in [1.29, 1.82) is 0 Å². The molecule has 0 bridgehead atoms. The minimum atomic E-state index is -0.985. The second-order valence-corrected chi connectivity index (χ2v) is 5.43. The van der Waals surface area contributed by atoms with E-state index in [9.17, 15) is 9.90 Å². The van der Waals surface area contributed by atoms with Crippen molar-refractivity contribution < 1.29 is 19.4 Å². The molecule has 6 heteroatoms. The molecule has 3 rings (SSSR count). The Bertz CT molecular complexity index is 926. The van der Waals surface area contributed by atoms with Crippen LogP contribution in [-0.4, -0.2) is 35.1 Å². The minimum absolute atomic E-state index is 0.217. The highest BCUT2D eigenvalue weighted by molar-refractivity contribution is 6.05. The minimum Gasteiger partial charge on any atom is -0.504 e. The summed E-state index contributed by atoms with van der Waals surface area (Å²) in [5.41, 5.74) is 2.57. The van der Waals surface area contributed by atoms with Gasteiger partial charge in [-0.1, -0.05) is 18.2 Å². The predicted molar refractivity (Wildman–Crippen MR) is 94.8 cm³/mol. The maximum atomic E-state index is 11.6. The van der Waals surface area contributed by atoms with Crippen LogP contribution in [0.3, 0.4) is 0 Å². The van der Waals surface area contributed by atoms with Gasteiger partial charge in [0, 0.05) is 11.5 Å². The molecule has 0 atom stereocenters. The Morgan fingerprint density at radius 3 is 2.60 bits per heavy atom. The fourth-order valence-electron chi connectivity index (χ4n) is 2.71. The van der Waals surface area contributed by atoms with E-state index in [0.29, 0.717) is 17.6 Å². The standard InChI is InChI=1S/C19H18N2O4/c1-24-11-10-16-18-15(19(22)23)4-3-5-17(18)21(20-16)12-13-6-8-14(25-2)9-7-13/h3-11H,12H2,1-2H3,(H,22,23). The van der Waals surface area contributed by atoms with Gasteiger partial charge in [0.15, 0.2) is 0 Å². The van der Waals surface area contributed by atoms with Crippen LogP contribution < -0.4 is 4.74 Å². The highest BCUT2D eigenvalue weighted by atomic mass is 16.5. The second-order valence-electron chi connectivity index (χ2n) is 5.43. The van der Waals surface area contributed by atoms with E-state index in [2.05, 4.69) is 5.10 Å². The van der Waals surface area contributed by atoms with Crippen molar-refractivity contribution in [1.82, 2.24) is 9.78 Å². The summed E-state index contributed by atoms with van der Waals surface area (Å²) >= 11 is 0. The Kier molecular flexibility index (Phi) is 4.70. The molecular weight excluding hydrogens is 320 g/mol. The number of rotatable bonds is 6. The zero-order valence-corrected chi connectivity index (χ0v) is 14.0. The summed E-state index contributed by atoms with van der Waals surface area (Å²) in [5.74, 6) is -0.201. The van der Waals surface area contributed by atoms with E-state index < -0.39 is 5.97 Å². The van der Waals surface area contributed by atoms with E-state index in [0.717, 1.165) is 16.8 Å². The summed E-state index contributed by atoms with van der Waals surface area (Å²) in [6.45, 7) is 0.518. The maximum Gasteiger partial charge on any atom is 0.336 e. The highest BCUT2D eigenvalue weighted by Gasteiger charge is 2.16. The van der Waals surface area contributed by atoms with Gasteiger partial charge in [-0.25, -0.2) is 4.79 Å². The molecule has 1 heterocycles. The van der Waals surface area contributed by atoms with Gasteiger partial charge < -0.3 is 14.6 Å². The number of hydrogen-bond donors (Lipinski definition) is 1. The van der Waals surface area contributed by atoms with Crippen molar-refractivity contribution in [2.75, 3.05) is 14.2 Å². The topological polar surface area (TPSA) is 73.6 Å². The fraction of sp³-hybridized carbons (Fsp3) is 0.158. The lowest BCUT2D eigenvalue weighted by Gasteiger charge is -2.05. The van der Waals surface area contributed by atoms with Crippen LogP contribution in [0.15, 0.2) is 48.7 Å². The zero-order chi connectivity index (χ0) is 17.8. The van der Waals surface area contributed by atoms with Crippen molar-refractivity contribution in [3.05, 3.63) is 65.5 Å². The first kappa shape index (κ1) is 16.6. The van der Waals surface area contributed by atoms with Crippen molar-refractivity contribution in [2.45, 2.75) is 6.54 Å². The van der Waals surface area contributed by atoms with E-state index in [1.165, 1.54) is 13.4 Å². The lowest BCUT2D eigenvalue weighted by atomic mass is 10.1. The van der Waals surface area contributed by atoms with Gasteiger partial charge in [0.05, 0.1) is 43.8 Å². The number of methoxy groups -OCH3 is 2. The molecule has 0 aliphatic heterocycles. The first-order chi connectivity index (χ1) is 12.1. The van der Waals surface area contributed by atoms with Crippen molar-refractivity contribution in [3.63, 3.8) is 0 Å². The molecule has 0 aliphatic carbocycles. The van der Waals surface area contributed by atoms with Crippen LogP contribution in [-0.2, 0) is 11.3 Å². The number of aromatic nitrogens is 2. The van der Waals surface area contributed by atoms with Crippen LogP contribution in [0.2, 0.25) is 0 Å². The number of ether oxygens (including phenoxy) is 2. The van der Waals surface area contributed by atoms with Crippen LogP contribution in [0.4, 0.5) is 0 Å². The fourth-order valence-corrected chi connectivity index (χ4v) is 2.71. The Morgan fingerprint density at radius 2 is 1.96 bits per heavy atom. The lowest BCUT2D eigenvalue weighted by molar-refractivity contribution is 0.0699. The Hall–Kier alpha value is -3.28. The lowest BCUT2D eigenvalue weighted by Crippen LogP contribution is -2.02. The third-order valence-corrected chi connectivity index (χ3v) is 3.89. The first-order valence-corrected chi connectivity index (χ1v) is 7.69. The number of nitrogens with zero attached hydrogens (tertiary/aromatic N) is 2. The van der Waals surface area contributed by atoms with E-state index >= 15 is 0 Å². The normalized spacial score (nSPS) is 11.1. The Morgan fingerprint density at radius 1 is 1.20 bits per heavy atom. The molecule has 2 aromatic carbocycles. The molecule has 6 nitrogen and oxygen atoms in total. The van der Waals surface area contributed by atoms with Crippen LogP contribution in [0, 0.1) is 0 Å². The smallest absolute Gasteiger partial charge is 0.336 e. The van der Waals surface area contributed by atoms with E-state index in [-0.39, 0.29) is 5.56 Å². The van der Waals surface area contributed by atoms with E-state index in [1.54, 1.807) is 30.0 Å². The summed E-state index contributed by atoms with van der Waals surface area (Å²) in [6, 6.07) is 12.8. The molecule has 3 aromatic rings. The quantitative estimate of drug-likeness (QED) is 0.697. The molecule has 0 fully saturated rings. The molecular formula is C19H18N2O4. The average Bonchev–Trinajstić information content (AvgIpc) is 2.98. The van der Waals surface area contributed by atoms with E-state index in [4.69, 9.17) is 9.47 Å². The number of fused-ring (bicyclic) bond motifs is 1. The number of carbonyl (C=O) groups is 1. The molecule has 1 aromatic heterocycles. The number of aromatic carboxylic acids is 1. The molecule has 25 heavy (non-hydrogen) atoms. The van der Waals surface area contributed by atoms with Crippen molar-refractivity contribution in [3.8, 4) is 5.75 Å². The third kappa shape index (κ3) is 3.33. The van der Waals surface area contributed by atoms with Crippen molar-refractivity contribution >= 4 is 22.9 Å². The molecule has 128 valence electrons.